The van der Waals surface area contributed by atoms with Gasteiger partial charge in [-0.15, -0.1) is 0 Å². The molecule has 1 unspecified atom stereocenters. The SMILES string of the molecule is Nc1nc2nc(C3C=Cc4ccccc4N3N)nc(C3CC3)c2[nH]1. The van der Waals surface area contributed by atoms with Gasteiger partial charge in [0.15, 0.2) is 17.4 Å². The number of H-pyrrole nitrogens is 1. The highest BCUT2D eigenvalue weighted by molar-refractivity contribution is 5.77. The first kappa shape index (κ1) is 13.5. The van der Waals surface area contributed by atoms with E-state index >= 15 is 0 Å². The van der Waals surface area contributed by atoms with Gasteiger partial charge in [-0.2, -0.15) is 4.98 Å². The normalized spacial score (nSPS) is 19.7. The molecule has 120 valence electrons. The fourth-order valence-electron chi connectivity index (χ4n) is 3.25. The molecule has 24 heavy (non-hydrogen) atoms. The van der Waals surface area contributed by atoms with E-state index in [1.807, 2.05) is 30.3 Å². The molecule has 5 rings (SSSR count). The lowest BCUT2D eigenvalue weighted by Crippen LogP contribution is -2.37. The van der Waals surface area contributed by atoms with Crippen molar-refractivity contribution in [2.24, 2.45) is 5.84 Å². The van der Waals surface area contributed by atoms with Crippen LogP contribution >= 0.6 is 0 Å². The van der Waals surface area contributed by atoms with Crippen molar-refractivity contribution in [3.63, 3.8) is 0 Å². The van der Waals surface area contributed by atoms with Gasteiger partial charge in [-0.25, -0.2) is 15.8 Å². The van der Waals surface area contributed by atoms with Crippen LogP contribution in [0.5, 0.6) is 0 Å². The summed E-state index contributed by atoms with van der Waals surface area (Å²) in [6.07, 6.45) is 6.36. The maximum absolute atomic E-state index is 6.36. The fourth-order valence-corrected chi connectivity index (χ4v) is 3.25. The van der Waals surface area contributed by atoms with Gasteiger partial charge in [0.25, 0.3) is 0 Å². The van der Waals surface area contributed by atoms with E-state index in [0.717, 1.165) is 35.3 Å². The Bertz CT molecular complexity index is 970. The van der Waals surface area contributed by atoms with Gasteiger partial charge in [-0.3, -0.25) is 5.01 Å². The summed E-state index contributed by atoms with van der Waals surface area (Å²) in [4.78, 5) is 16.8. The van der Waals surface area contributed by atoms with Crippen LogP contribution in [0.15, 0.2) is 30.3 Å². The number of aromatic amines is 1. The molecule has 1 fully saturated rings. The summed E-state index contributed by atoms with van der Waals surface area (Å²) < 4.78 is 0. The Balaban J connectivity index is 1.65. The molecule has 3 heterocycles. The molecule has 2 aliphatic rings. The number of hydrogen-bond donors (Lipinski definition) is 3. The van der Waals surface area contributed by atoms with E-state index in [1.54, 1.807) is 5.01 Å². The molecule has 1 aromatic carbocycles. The van der Waals surface area contributed by atoms with Crippen LogP contribution in [-0.2, 0) is 0 Å². The van der Waals surface area contributed by atoms with Crippen molar-refractivity contribution in [1.29, 1.82) is 0 Å². The van der Waals surface area contributed by atoms with E-state index in [2.05, 4.69) is 21.0 Å². The highest BCUT2D eigenvalue weighted by Gasteiger charge is 2.31. The standard InChI is InChI=1S/C17H17N7/c18-17-21-14-13(10-5-6-10)20-15(22-16(14)23-17)12-8-7-9-3-1-2-4-11(9)24(12)19/h1-4,7-8,10,12H,5-6,19H2,(H3,18,20,21,22,23). The minimum absolute atomic E-state index is 0.222. The molecule has 0 amide bonds. The second-order valence-electron chi connectivity index (χ2n) is 6.33. The lowest BCUT2D eigenvalue weighted by Gasteiger charge is -2.30. The number of fused-ring (bicyclic) bond motifs is 2. The van der Waals surface area contributed by atoms with Gasteiger partial charge in [0.2, 0.25) is 0 Å². The van der Waals surface area contributed by atoms with Crippen LogP contribution in [0.25, 0.3) is 17.2 Å². The van der Waals surface area contributed by atoms with Crippen molar-refractivity contribution < 1.29 is 0 Å². The average Bonchev–Trinajstić information content (AvgIpc) is 3.36. The second kappa shape index (κ2) is 4.78. The lowest BCUT2D eigenvalue weighted by molar-refractivity contribution is 0.699. The number of nitrogens with zero attached hydrogens (tertiary/aromatic N) is 4. The Kier molecular flexibility index (Phi) is 2.69. The summed E-state index contributed by atoms with van der Waals surface area (Å²) in [5.74, 6) is 7.85. The molecule has 1 saturated carbocycles. The van der Waals surface area contributed by atoms with E-state index < -0.39 is 0 Å². The number of nitrogen functional groups attached to an aromatic ring is 1. The van der Waals surface area contributed by atoms with Gasteiger partial charge < -0.3 is 10.7 Å². The van der Waals surface area contributed by atoms with Crippen molar-refractivity contribution in [2.45, 2.75) is 24.8 Å². The van der Waals surface area contributed by atoms with Crippen molar-refractivity contribution in [2.75, 3.05) is 10.7 Å². The van der Waals surface area contributed by atoms with E-state index in [9.17, 15) is 0 Å². The molecule has 5 N–H and O–H groups in total. The van der Waals surface area contributed by atoms with E-state index in [0.29, 0.717) is 23.3 Å². The van der Waals surface area contributed by atoms with Crippen LogP contribution in [0.2, 0.25) is 0 Å². The van der Waals surface area contributed by atoms with Crippen LogP contribution in [0.4, 0.5) is 11.6 Å². The fraction of sp³-hybridized carbons (Fsp3) is 0.235. The minimum atomic E-state index is -0.222. The first-order valence-electron chi connectivity index (χ1n) is 8.05. The number of imidazole rings is 1. The Morgan fingerprint density at radius 2 is 1.96 bits per heavy atom. The smallest absolute Gasteiger partial charge is 0.200 e. The van der Waals surface area contributed by atoms with E-state index in [-0.39, 0.29) is 6.04 Å². The predicted molar refractivity (Wildman–Crippen MR) is 93.0 cm³/mol. The molecule has 7 nitrogen and oxygen atoms in total. The molecule has 1 atom stereocenters. The number of rotatable bonds is 2. The van der Waals surface area contributed by atoms with Crippen molar-refractivity contribution >= 4 is 28.9 Å². The summed E-state index contributed by atoms with van der Waals surface area (Å²) in [6, 6.07) is 7.79. The number of para-hydroxylation sites is 1. The second-order valence-corrected chi connectivity index (χ2v) is 6.33. The third kappa shape index (κ3) is 1.98. The molecule has 1 aliphatic carbocycles. The number of aromatic nitrogens is 4. The molecular weight excluding hydrogens is 302 g/mol. The molecule has 0 spiro atoms. The van der Waals surface area contributed by atoms with Crippen LogP contribution in [0.3, 0.4) is 0 Å². The highest BCUT2D eigenvalue weighted by atomic mass is 15.4. The number of hydrogen-bond acceptors (Lipinski definition) is 6. The minimum Gasteiger partial charge on any atom is -0.369 e. The molecular formula is C17H17N7. The maximum Gasteiger partial charge on any atom is 0.200 e. The number of benzene rings is 1. The third-order valence-corrected chi connectivity index (χ3v) is 4.62. The Labute approximate surface area is 138 Å². The summed E-state index contributed by atoms with van der Waals surface area (Å²) in [5, 5.41) is 1.71. The third-order valence-electron chi connectivity index (χ3n) is 4.62. The van der Waals surface area contributed by atoms with Crippen LogP contribution in [-0.4, -0.2) is 19.9 Å². The summed E-state index contributed by atoms with van der Waals surface area (Å²) >= 11 is 0. The Hall–Kier alpha value is -2.93. The van der Waals surface area contributed by atoms with Gasteiger partial charge >= 0.3 is 0 Å². The van der Waals surface area contributed by atoms with Gasteiger partial charge in [0.05, 0.1) is 11.4 Å². The van der Waals surface area contributed by atoms with Gasteiger partial charge in [-0.1, -0.05) is 30.4 Å². The van der Waals surface area contributed by atoms with Gasteiger partial charge in [0, 0.05) is 5.92 Å². The molecule has 3 aromatic rings. The zero-order valence-electron chi connectivity index (χ0n) is 13.0. The first-order valence-corrected chi connectivity index (χ1v) is 8.05. The number of hydrazine groups is 1. The maximum atomic E-state index is 6.36. The number of nitrogens with one attached hydrogen (secondary N) is 1. The van der Waals surface area contributed by atoms with Crippen molar-refractivity contribution in [3.8, 4) is 0 Å². The number of nitrogens with two attached hydrogens (primary N) is 2. The lowest BCUT2D eigenvalue weighted by atomic mass is 10.0. The molecule has 0 bridgehead atoms. The van der Waals surface area contributed by atoms with Crippen LogP contribution in [0, 0.1) is 0 Å². The highest BCUT2D eigenvalue weighted by Crippen LogP contribution is 2.42. The Morgan fingerprint density at radius 1 is 1.12 bits per heavy atom. The van der Waals surface area contributed by atoms with Gasteiger partial charge in [-0.05, 0) is 24.5 Å². The summed E-state index contributed by atoms with van der Waals surface area (Å²) in [5.41, 5.74) is 10.3. The van der Waals surface area contributed by atoms with E-state index in [1.165, 1.54) is 0 Å². The zero-order valence-corrected chi connectivity index (χ0v) is 13.0. The van der Waals surface area contributed by atoms with Gasteiger partial charge in [0.1, 0.15) is 11.6 Å². The summed E-state index contributed by atoms with van der Waals surface area (Å²) in [7, 11) is 0. The molecule has 1 aliphatic heterocycles. The zero-order chi connectivity index (χ0) is 16.3. The van der Waals surface area contributed by atoms with Crippen LogP contribution < -0.4 is 16.6 Å². The van der Waals surface area contributed by atoms with Crippen molar-refractivity contribution in [3.05, 3.63) is 47.4 Å². The molecule has 0 radical (unpaired) electrons. The Morgan fingerprint density at radius 3 is 2.79 bits per heavy atom. The molecule has 0 saturated heterocycles. The monoisotopic (exact) mass is 319 g/mol. The summed E-state index contributed by atoms with van der Waals surface area (Å²) in [6.45, 7) is 0. The topological polar surface area (TPSA) is 110 Å². The largest absolute Gasteiger partial charge is 0.369 e. The quantitative estimate of drug-likeness (QED) is 0.625. The first-order chi connectivity index (χ1) is 11.7. The van der Waals surface area contributed by atoms with E-state index in [4.69, 9.17) is 16.6 Å². The number of anilines is 2. The molecule has 2 aromatic heterocycles. The van der Waals surface area contributed by atoms with Crippen molar-refractivity contribution in [1.82, 2.24) is 19.9 Å². The predicted octanol–water partition coefficient (Wildman–Crippen LogP) is 2.26. The average molecular weight is 319 g/mol. The van der Waals surface area contributed by atoms with Crippen LogP contribution in [0.1, 0.15) is 41.9 Å². The molecule has 7 heteroatoms.